The molecule has 24 nitrogen and oxygen atoms in total. The van der Waals surface area contributed by atoms with Crippen molar-refractivity contribution in [2.24, 2.45) is 0 Å². The number of aromatic carboxylic acids is 1. The molecule has 6 aromatic rings. The van der Waals surface area contributed by atoms with Gasteiger partial charge < -0.3 is 58.6 Å². The number of furan rings is 2. The number of carboxylic acids is 1. The van der Waals surface area contributed by atoms with Crippen LogP contribution in [0.4, 0.5) is 9.59 Å². The van der Waals surface area contributed by atoms with E-state index in [4.69, 9.17) is 23.0 Å². The fourth-order valence-corrected chi connectivity index (χ4v) is 8.99. The van der Waals surface area contributed by atoms with Crippen molar-refractivity contribution in [3.8, 4) is 11.5 Å². The average Bonchev–Trinajstić information content (AvgIpc) is 4.17. The number of rotatable bonds is 11. The lowest BCUT2D eigenvalue weighted by Gasteiger charge is -2.29. The molecule has 0 bridgehead atoms. The fraction of sp³-hybridized carbons (Fsp3) is 0.261. The number of ether oxygens (including phenoxy) is 3. The molecule has 2 atom stereocenters. The Morgan fingerprint density at radius 1 is 0.657 bits per heavy atom. The molecular formula is C46H40N8O16. The highest BCUT2D eigenvalue weighted by Crippen LogP contribution is 2.38. The number of carbonyl (C=O) groups is 8. The van der Waals surface area contributed by atoms with Gasteiger partial charge in [0.05, 0.1) is 33.9 Å². The van der Waals surface area contributed by atoms with E-state index >= 15 is 0 Å². The molecule has 2 fully saturated rings. The molecule has 2 saturated heterocycles. The molecule has 0 spiro atoms. The highest BCUT2D eigenvalue weighted by Gasteiger charge is 2.55. The Kier molecular flexibility index (Phi) is 11.0. The average molecular weight is 961 g/mol. The molecule has 8 heterocycles. The largest absolute Gasteiger partial charge is 0.497 e. The molecule has 7 N–H and O–H groups in total. The van der Waals surface area contributed by atoms with Crippen LogP contribution in [0.3, 0.4) is 0 Å². The zero-order valence-electron chi connectivity index (χ0n) is 37.6. The maximum atomic E-state index is 13.2. The van der Waals surface area contributed by atoms with Crippen LogP contribution in [-0.2, 0) is 38.5 Å². The molecule has 10 rings (SSSR count). The summed E-state index contributed by atoms with van der Waals surface area (Å²) in [5.41, 5.74) is -3.59. The number of pyridine rings is 2. The van der Waals surface area contributed by atoms with Gasteiger partial charge in [-0.3, -0.25) is 39.4 Å². The van der Waals surface area contributed by atoms with Crippen LogP contribution in [0, 0.1) is 13.8 Å². The van der Waals surface area contributed by atoms with E-state index in [9.17, 15) is 53.1 Å². The number of urea groups is 2. The fourth-order valence-electron chi connectivity index (χ4n) is 8.99. The number of aryl methyl sites for hydroxylation is 2. The van der Waals surface area contributed by atoms with Gasteiger partial charge in [0, 0.05) is 46.4 Å². The minimum Gasteiger partial charge on any atom is -0.497 e. The number of carboxylic acid groups (broad SMARTS) is 1. The maximum absolute atomic E-state index is 13.2. The highest BCUT2D eigenvalue weighted by molar-refractivity contribution is 6.10. The molecule has 2 aromatic carbocycles. The third-order valence-electron chi connectivity index (χ3n) is 12.4. The van der Waals surface area contributed by atoms with E-state index in [1.54, 1.807) is 57.2 Å². The normalized spacial score (nSPS) is 19.1. The summed E-state index contributed by atoms with van der Waals surface area (Å²) in [7, 11) is 2.97. The number of benzene rings is 2. The Morgan fingerprint density at radius 2 is 1.09 bits per heavy atom. The molecule has 0 radical (unpaired) electrons. The number of H-pyrrole nitrogens is 2. The molecule has 0 unspecified atom stereocenters. The first-order valence-electron chi connectivity index (χ1n) is 21.3. The summed E-state index contributed by atoms with van der Waals surface area (Å²) in [6.45, 7) is 4.58. The predicted molar refractivity (Wildman–Crippen MR) is 238 cm³/mol. The van der Waals surface area contributed by atoms with E-state index < -0.39 is 63.6 Å². The van der Waals surface area contributed by atoms with Gasteiger partial charge in [0.1, 0.15) is 23.0 Å². The van der Waals surface area contributed by atoms with Crippen LogP contribution in [0.1, 0.15) is 82.4 Å². The van der Waals surface area contributed by atoms with Gasteiger partial charge in [0.25, 0.3) is 34.7 Å². The smallest absolute Gasteiger partial charge is 0.347 e. The summed E-state index contributed by atoms with van der Waals surface area (Å²) in [5, 5.41) is 19.6. The van der Waals surface area contributed by atoms with Crippen LogP contribution >= 0.6 is 0 Å². The number of aromatic amines is 2. The van der Waals surface area contributed by atoms with Crippen LogP contribution in [0.25, 0.3) is 21.9 Å². The molecule has 70 heavy (non-hydrogen) atoms. The van der Waals surface area contributed by atoms with Crippen molar-refractivity contribution in [3.63, 3.8) is 0 Å². The molecule has 24 heteroatoms. The predicted octanol–water partition coefficient (Wildman–Crippen LogP) is 2.13. The second-order valence-corrected chi connectivity index (χ2v) is 16.6. The zero-order chi connectivity index (χ0) is 50.1. The summed E-state index contributed by atoms with van der Waals surface area (Å²) >= 11 is 0. The van der Waals surface area contributed by atoms with Crippen molar-refractivity contribution in [1.29, 1.82) is 0 Å². The first kappa shape index (κ1) is 45.9. The van der Waals surface area contributed by atoms with Gasteiger partial charge >= 0.3 is 24.0 Å². The van der Waals surface area contributed by atoms with Crippen molar-refractivity contribution in [1.82, 2.24) is 41.0 Å². The van der Waals surface area contributed by atoms with Crippen LogP contribution in [0.2, 0.25) is 0 Å². The number of amides is 8. The zero-order valence-corrected chi connectivity index (χ0v) is 37.6. The lowest BCUT2D eigenvalue weighted by atomic mass is 9.95. The minimum atomic E-state index is -1.84. The molecule has 4 aromatic heterocycles. The van der Waals surface area contributed by atoms with E-state index in [1.807, 2.05) is 0 Å². The second-order valence-electron chi connectivity index (χ2n) is 16.6. The van der Waals surface area contributed by atoms with Crippen molar-refractivity contribution in [3.05, 3.63) is 126 Å². The highest BCUT2D eigenvalue weighted by atomic mass is 16.5. The Labute approximate surface area is 392 Å². The summed E-state index contributed by atoms with van der Waals surface area (Å²) < 4.78 is 27.1. The van der Waals surface area contributed by atoms with Gasteiger partial charge in [-0.25, -0.2) is 19.2 Å². The molecule has 4 aliphatic heterocycles. The number of nitrogens with one attached hydrogen (secondary N) is 6. The third kappa shape index (κ3) is 7.32. The van der Waals surface area contributed by atoms with Crippen LogP contribution < -0.4 is 41.9 Å². The monoisotopic (exact) mass is 960 g/mol. The number of esters is 1. The number of methoxy groups -OCH3 is 2. The van der Waals surface area contributed by atoms with E-state index in [0.29, 0.717) is 45.0 Å². The van der Waals surface area contributed by atoms with E-state index in [-0.39, 0.29) is 78.2 Å². The Hall–Kier alpha value is -9.22. The summed E-state index contributed by atoms with van der Waals surface area (Å²) in [6, 6.07) is 11.4. The lowest BCUT2D eigenvalue weighted by Crippen LogP contribution is -2.52. The van der Waals surface area contributed by atoms with Gasteiger partial charge in [0.15, 0.2) is 33.4 Å². The summed E-state index contributed by atoms with van der Waals surface area (Å²) in [4.78, 5) is 134. The van der Waals surface area contributed by atoms with Gasteiger partial charge in [-0.1, -0.05) is 12.1 Å². The first-order valence-corrected chi connectivity index (χ1v) is 21.3. The van der Waals surface area contributed by atoms with Crippen LogP contribution in [0.15, 0.2) is 67.0 Å². The standard InChI is InChI=1S/C24H22N4O8.C22H18N4O8/c1-4-35-21(31)17-18-14(11(2)25-19(17)29)8-16(36-18)24(22(32)26-23(33)27-24)10-28-9-12-5-6-13(34-3)7-15(12)20(28)30;1-9-12-6-14(34-16(12)15(19(29)30)17(27)23-9)22(20(31)24-21(32)25-22)8-26-7-10-3-4-11(33-2)5-13(10)18(26)28/h5-8H,4,9-10H2,1-3H3,(H,25,29)(H2,26,27,32,33);3-6H,7-8H2,1-2H3,(H,23,27)(H,29,30)(H2,24,25,31,32)/t24-;22-/m00/s1. The van der Waals surface area contributed by atoms with Gasteiger partial charge in [-0.05, 0) is 68.3 Å². The number of hydrogen-bond donors (Lipinski definition) is 7. The minimum absolute atomic E-state index is 0.0338. The molecular weight excluding hydrogens is 921 g/mol. The van der Waals surface area contributed by atoms with Gasteiger partial charge in [0.2, 0.25) is 0 Å². The Balaban J connectivity index is 0.000000174. The molecule has 360 valence electrons. The quantitative estimate of drug-likeness (QED) is 0.0722. The summed E-state index contributed by atoms with van der Waals surface area (Å²) in [6.07, 6.45) is 0. The van der Waals surface area contributed by atoms with E-state index in [1.165, 1.54) is 36.2 Å². The van der Waals surface area contributed by atoms with Gasteiger partial charge in [-0.2, -0.15) is 0 Å². The molecule has 0 aliphatic carbocycles. The Bertz CT molecular complexity index is 3460. The topological polar surface area (TPSA) is 331 Å². The second kappa shape index (κ2) is 16.8. The third-order valence-corrected chi connectivity index (χ3v) is 12.4. The van der Waals surface area contributed by atoms with Crippen molar-refractivity contribution < 1.29 is 66.5 Å². The molecule has 4 aliphatic rings. The summed E-state index contributed by atoms with van der Waals surface area (Å²) in [5.74, 6) is -3.82. The Morgan fingerprint density at radius 3 is 1.47 bits per heavy atom. The lowest BCUT2D eigenvalue weighted by molar-refractivity contribution is -0.126. The van der Waals surface area contributed by atoms with Crippen molar-refractivity contribution in [2.45, 2.75) is 44.9 Å². The SMILES string of the molecule is CCOC(=O)c1c(=O)[nH]c(C)c2cc([C@]3(CN4Cc5ccc(OC)cc5C4=O)NC(=O)NC3=O)oc12.COc1ccc2c(c1)C(=O)N(C[C@@]1(c3cc4c(C)[nH]c(=O)c(C(=O)O)c4o3)NC(=O)NC1=O)C2. The number of nitrogens with zero attached hydrogens (tertiary/aromatic N) is 2. The number of imide groups is 2. The molecule has 0 saturated carbocycles. The maximum Gasteiger partial charge on any atom is 0.347 e. The number of carbonyl (C=O) groups excluding carboxylic acids is 7. The number of hydrogen-bond acceptors (Lipinski definition) is 15. The van der Waals surface area contributed by atoms with E-state index in [2.05, 4.69) is 31.2 Å². The molecule has 8 amide bonds. The first-order chi connectivity index (χ1) is 33.3. The number of aromatic nitrogens is 2. The van der Waals surface area contributed by atoms with Crippen molar-refractivity contribution in [2.75, 3.05) is 33.9 Å². The van der Waals surface area contributed by atoms with E-state index in [0.717, 1.165) is 5.56 Å². The van der Waals surface area contributed by atoms with Crippen LogP contribution in [-0.4, -0.2) is 106 Å². The van der Waals surface area contributed by atoms with Crippen molar-refractivity contribution >= 4 is 69.6 Å². The van der Waals surface area contributed by atoms with Gasteiger partial charge in [-0.15, -0.1) is 0 Å². The number of fused-ring (bicyclic) bond motifs is 4. The van der Waals surface area contributed by atoms with Crippen LogP contribution in [0.5, 0.6) is 11.5 Å².